The lowest BCUT2D eigenvalue weighted by molar-refractivity contribution is -0.129. The molecule has 0 aliphatic heterocycles. The molecule has 1 aromatic carbocycles. The van der Waals surface area contributed by atoms with Gasteiger partial charge in [0.2, 0.25) is 17.7 Å². The minimum absolute atomic E-state index is 0.0146. The van der Waals surface area contributed by atoms with Crippen LogP contribution < -0.4 is 20.1 Å². The SMILES string of the molecule is COC(=O)c1c(CN(N)C(C)=O)cccc1Oc1nc(OC)cc(OC)n1. The molecule has 1 aromatic heterocycles. The van der Waals surface area contributed by atoms with Gasteiger partial charge in [0.1, 0.15) is 11.3 Å². The fourth-order valence-electron chi connectivity index (χ4n) is 2.16. The summed E-state index contributed by atoms with van der Waals surface area (Å²) in [5.41, 5.74) is 0.536. The zero-order valence-electron chi connectivity index (χ0n) is 15.4. The molecule has 0 aliphatic carbocycles. The first-order valence-corrected chi connectivity index (χ1v) is 7.77. The Morgan fingerprint density at radius 1 is 1.11 bits per heavy atom. The zero-order chi connectivity index (χ0) is 20.0. The lowest BCUT2D eigenvalue weighted by atomic mass is 10.1. The monoisotopic (exact) mass is 376 g/mol. The predicted molar refractivity (Wildman–Crippen MR) is 93.4 cm³/mol. The Morgan fingerprint density at radius 3 is 2.26 bits per heavy atom. The van der Waals surface area contributed by atoms with Gasteiger partial charge in [-0.15, -0.1) is 0 Å². The molecule has 0 atom stereocenters. The van der Waals surface area contributed by atoms with Crippen molar-refractivity contribution in [3.8, 4) is 23.5 Å². The van der Waals surface area contributed by atoms with E-state index in [1.54, 1.807) is 18.2 Å². The van der Waals surface area contributed by atoms with Crippen molar-refractivity contribution < 1.29 is 28.5 Å². The van der Waals surface area contributed by atoms with Crippen LogP contribution in [-0.2, 0) is 16.1 Å². The molecule has 0 saturated carbocycles. The first-order valence-electron chi connectivity index (χ1n) is 7.77. The minimum Gasteiger partial charge on any atom is -0.481 e. The number of carbonyl (C=O) groups is 2. The van der Waals surface area contributed by atoms with E-state index in [4.69, 9.17) is 24.8 Å². The maximum absolute atomic E-state index is 12.3. The summed E-state index contributed by atoms with van der Waals surface area (Å²) >= 11 is 0. The van der Waals surface area contributed by atoms with Crippen LogP contribution in [0.3, 0.4) is 0 Å². The number of amides is 1. The Balaban J connectivity index is 2.47. The number of methoxy groups -OCH3 is 3. The number of hydrogen-bond donors (Lipinski definition) is 1. The van der Waals surface area contributed by atoms with E-state index >= 15 is 0 Å². The van der Waals surface area contributed by atoms with Gasteiger partial charge >= 0.3 is 12.0 Å². The summed E-state index contributed by atoms with van der Waals surface area (Å²) < 4.78 is 20.7. The highest BCUT2D eigenvalue weighted by molar-refractivity contribution is 5.94. The van der Waals surface area contributed by atoms with E-state index in [-0.39, 0.29) is 41.5 Å². The number of aromatic nitrogens is 2. The molecule has 0 unspecified atom stereocenters. The number of hydrazine groups is 1. The molecule has 1 amide bonds. The third kappa shape index (κ3) is 4.82. The standard InChI is InChI=1S/C17H20N4O6/c1-10(22)21(18)9-11-6-5-7-12(15(11)16(23)26-4)27-17-19-13(24-2)8-14(20-17)25-3/h5-8H,9,18H2,1-4H3. The van der Waals surface area contributed by atoms with E-state index in [0.29, 0.717) is 5.56 Å². The summed E-state index contributed by atoms with van der Waals surface area (Å²) in [5, 5.41) is 0.969. The third-order valence-electron chi connectivity index (χ3n) is 3.53. The highest BCUT2D eigenvalue weighted by Gasteiger charge is 2.21. The van der Waals surface area contributed by atoms with Crippen molar-refractivity contribution in [2.75, 3.05) is 21.3 Å². The van der Waals surface area contributed by atoms with Crippen LogP contribution >= 0.6 is 0 Å². The Bertz CT molecular complexity index is 820. The molecular weight excluding hydrogens is 356 g/mol. The second-order valence-electron chi connectivity index (χ2n) is 5.27. The molecule has 0 aliphatic rings. The van der Waals surface area contributed by atoms with Gasteiger partial charge < -0.3 is 18.9 Å². The summed E-state index contributed by atoms with van der Waals surface area (Å²) in [6.07, 6.45) is 0. The Labute approximate surface area is 155 Å². The summed E-state index contributed by atoms with van der Waals surface area (Å²) in [5.74, 6) is 5.22. The lowest BCUT2D eigenvalue weighted by Crippen LogP contribution is -2.35. The van der Waals surface area contributed by atoms with E-state index in [0.717, 1.165) is 5.01 Å². The zero-order valence-corrected chi connectivity index (χ0v) is 15.4. The topological polar surface area (TPSA) is 126 Å². The molecule has 2 N–H and O–H groups in total. The number of rotatable bonds is 7. The summed E-state index contributed by atoms with van der Waals surface area (Å²) in [6, 6.07) is 6.20. The Morgan fingerprint density at radius 2 is 1.74 bits per heavy atom. The molecule has 27 heavy (non-hydrogen) atoms. The number of carbonyl (C=O) groups excluding carboxylic acids is 2. The number of ether oxygens (including phenoxy) is 4. The van der Waals surface area contributed by atoms with Crippen molar-refractivity contribution in [3.05, 3.63) is 35.4 Å². The highest BCUT2D eigenvalue weighted by atomic mass is 16.5. The van der Waals surface area contributed by atoms with Gasteiger partial charge in [0, 0.05) is 6.92 Å². The predicted octanol–water partition coefficient (Wildman–Crippen LogP) is 1.29. The van der Waals surface area contributed by atoms with E-state index in [2.05, 4.69) is 9.97 Å². The first kappa shape index (κ1) is 19.9. The second-order valence-corrected chi connectivity index (χ2v) is 5.27. The van der Waals surface area contributed by atoms with Crippen molar-refractivity contribution in [2.45, 2.75) is 13.5 Å². The van der Waals surface area contributed by atoms with Crippen LogP contribution in [0.25, 0.3) is 0 Å². The molecule has 0 fully saturated rings. The Hall–Kier alpha value is -3.40. The van der Waals surface area contributed by atoms with Crippen LogP contribution in [0.15, 0.2) is 24.3 Å². The van der Waals surface area contributed by atoms with Crippen molar-refractivity contribution in [2.24, 2.45) is 5.84 Å². The quantitative estimate of drug-likeness (QED) is 0.329. The molecule has 0 radical (unpaired) electrons. The maximum Gasteiger partial charge on any atom is 0.342 e. The fraction of sp³-hybridized carbons (Fsp3) is 0.294. The third-order valence-corrected chi connectivity index (χ3v) is 3.53. The van der Waals surface area contributed by atoms with Gasteiger partial charge in [0.25, 0.3) is 0 Å². The average molecular weight is 376 g/mol. The molecule has 2 rings (SSSR count). The van der Waals surface area contributed by atoms with Crippen LogP contribution in [0, 0.1) is 0 Å². The van der Waals surface area contributed by atoms with Gasteiger partial charge in [-0.25, -0.2) is 10.6 Å². The van der Waals surface area contributed by atoms with Crippen LogP contribution in [0.1, 0.15) is 22.8 Å². The number of esters is 1. The maximum atomic E-state index is 12.3. The van der Waals surface area contributed by atoms with Crippen LogP contribution in [-0.4, -0.2) is 48.2 Å². The van der Waals surface area contributed by atoms with Gasteiger partial charge in [-0.3, -0.25) is 9.80 Å². The van der Waals surface area contributed by atoms with Gasteiger partial charge in [0.05, 0.1) is 33.9 Å². The van der Waals surface area contributed by atoms with Gasteiger partial charge in [-0.1, -0.05) is 12.1 Å². The molecule has 10 nitrogen and oxygen atoms in total. The minimum atomic E-state index is -0.660. The second kappa shape index (κ2) is 8.81. The average Bonchev–Trinajstić information content (AvgIpc) is 2.67. The molecule has 10 heteroatoms. The molecule has 0 spiro atoms. The van der Waals surface area contributed by atoms with Crippen LogP contribution in [0.5, 0.6) is 23.5 Å². The van der Waals surface area contributed by atoms with Gasteiger partial charge in [-0.2, -0.15) is 9.97 Å². The Kier molecular flexibility index (Phi) is 6.50. The fourth-order valence-corrected chi connectivity index (χ4v) is 2.16. The largest absolute Gasteiger partial charge is 0.481 e. The van der Waals surface area contributed by atoms with E-state index in [1.807, 2.05) is 0 Å². The van der Waals surface area contributed by atoms with Crippen molar-refractivity contribution in [3.63, 3.8) is 0 Å². The summed E-state index contributed by atoms with van der Waals surface area (Å²) in [6.45, 7) is 1.30. The molecule has 144 valence electrons. The number of hydrogen-bond acceptors (Lipinski definition) is 9. The van der Waals surface area contributed by atoms with E-state index in [1.165, 1.54) is 34.3 Å². The van der Waals surface area contributed by atoms with Crippen LogP contribution in [0.4, 0.5) is 0 Å². The molecule has 2 aromatic rings. The van der Waals surface area contributed by atoms with Crippen molar-refractivity contribution in [1.82, 2.24) is 15.0 Å². The number of nitrogens with zero attached hydrogens (tertiary/aromatic N) is 3. The smallest absolute Gasteiger partial charge is 0.342 e. The van der Waals surface area contributed by atoms with Gasteiger partial charge in [-0.05, 0) is 11.6 Å². The number of nitrogens with two attached hydrogens (primary N) is 1. The van der Waals surface area contributed by atoms with Crippen molar-refractivity contribution in [1.29, 1.82) is 0 Å². The first-order chi connectivity index (χ1) is 12.9. The van der Waals surface area contributed by atoms with E-state index < -0.39 is 5.97 Å². The summed E-state index contributed by atoms with van der Waals surface area (Å²) in [4.78, 5) is 31.9. The molecule has 1 heterocycles. The van der Waals surface area contributed by atoms with Gasteiger partial charge in [0.15, 0.2) is 0 Å². The number of benzene rings is 1. The highest BCUT2D eigenvalue weighted by Crippen LogP contribution is 2.29. The molecule has 0 saturated heterocycles. The summed E-state index contributed by atoms with van der Waals surface area (Å²) in [7, 11) is 4.10. The lowest BCUT2D eigenvalue weighted by Gasteiger charge is -2.18. The van der Waals surface area contributed by atoms with Crippen LogP contribution in [0.2, 0.25) is 0 Å². The molecule has 0 bridgehead atoms. The molecular formula is C17H20N4O6. The normalized spacial score (nSPS) is 10.1. The van der Waals surface area contributed by atoms with E-state index in [9.17, 15) is 9.59 Å². The van der Waals surface area contributed by atoms with Crippen molar-refractivity contribution >= 4 is 11.9 Å².